The highest BCUT2D eigenvalue weighted by atomic mass is 16.6. The molecule has 1 aromatic carbocycles. The molecule has 1 unspecified atom stereocenters. The summed E-state index contributed by atoms with van der Waals surface area (Å²) in [7, 11) is 1.66. The van der Waals surface area contributed by atoms with E-state index in [1.165, 1.54) is 0 Å². The molecule has 4 rings (SSSR count). The van der Waals surface area contributed by atoms with Crippen molar-refractivity contribution >= 4 is 11.6 Å². The summed E-state index contributed by atoms with van der Waals surface area (Å²) in [5.41, 5.74) is 1.44. The molecule has 1 N–H and O–H groups in total. The molecule has 26 heavy (non-hydrogen) atoms. The van der Waals surface area contributed by atoms with E-state index in [-0.39, 0.29) is 12.0 Å². The molecule has 1 saturated heterocycles. The second-order valence-corrected chi connectivity index (χ2v) is 7.51. The van der Waals surface area contributed by atoms with Gasteiger partial charge in [0, 0.05) is 37.7 Å². The maximum atomic E-state index is 12.9. The summed E-state index contributed by atoms with van der Waals surface area (Å²) in [5, 5.41) is 7.49. The summed E-state index contributed by atoms with van der Waals surface area (Å²) < 4.78 is 10.9. The van der Waals surface area contributed by atoms with Gasteiger partial charge in [0.25, 0.3) is 0 Å². The summed E-state index contributed by atoms with van der Waals surface area (Å²) in [6, 6.07) is 8.19. The fourth-order valence-electron chi connectivity index (χ4n) is 3.87. The molecule has 0 radical (unpaired) electrons. The molecule has 1 aliphatic carbocycles. The molecule has 0 aromatic heterocycles. The van der Waals surface area contributed by atoms with E-state index in [1.54, 1.807) is 7.11 Å². The maximum absolute atomic E-state index is 12.9. The normalized spacial score (nSPS) is 24.5. The van der Waals surface area contributed by atoms with Crippen LogP contribution in [0, 0.1) is 5.41 Å². The number of nitrogens with zero attached hydrogens (tertiary/aromatic N) is 1. The monoisotopic (exact) mass is 358 g/mol. The molecule has 140 valence electrons. The maximum Gasteiger partial charge on any atom is 0.226 e. The molecule has 2 heterocycles. The van der Waals surface area contributed by atoms with Crippen molar-refractivity contribution in [1.29, 1.82) is 0 Å². The molecular weight excluding hydrogens is 332 g/mol. The van der Waals surface area contributed by atoms with Gasteiger partial charge >= 0.3 is 0 Å². The van der Waals surface area contributed by atoms with Gasteiger partial charge in [-0.2, -0.15) is 0 Å². The molecule has 2 fully saturated rings. The topological polar surface area (TPSA) is 69.2 Å². The Bertz CT molecular complexity index is 693. The highest BCUT2D eigenvalue weighted by molar-refractivity contribution is 6.03. The fourth-order valence-corrected chi connectivity index (χ4v) is 3.87. The number of para-hydroxylation sites is 1. The number of rotatable bonds is 6. The van der Waals surface area contributed by atoms with E-state index >= 15 is 0 Å². The van der Waals surface area contributed by atoms with Crippen molar-refractivity contribution in [3.63, 3.8) is 0 Å². The average Bonchev–Trinajstić information content (AvgIpc) is 3.38. The van der Waals surface area contributed by atoms with Crippen molar-refractivity contribution in [2.45, 2.75) is 50.7 Å². The summed E-state index contributed by atoms with van der Waals surface area (Å²) in [6.45, 7) is 1.26. The Kier molecular flexibility index (Phi) is 4.85. The highest BCUT2D eigenvalue weighted by Gasteiger charge is 2.45. The van der Waals surface area contributed by atoms with Gasteiger partial charge in [-0.15, -0.1) is 0 Å². The first kappa shape index (κ1) is 17.3. The first-order valence-corrected chi connectivity index (χ1v) is 9.45. The number of carbonyl (C=O) groups is 1. The summed E-state index contributed by atoms with van der Waals surface area (Å²) >= 11 is 0. The Morgan fingerprint density at radius 1 is 1.31 bits per heavy atom. The van der Waals surface area contributed by atoms with Crippen molar-refractivity contribution in [3.05, 3.63) is 29.8 Å². The molecule has 3 aliphatic rings. The zero-order chi connectivity index (χ0) is 18.0. The second kappa shape index (κ2) is 7.27. The third-order valence-electron chi connectivity index (χ3n) is 5.61. The minimum atomic E-state index is -0.406. The molecule has 6 nitrogen and oxygen atoms in total. The third-order valence-corrected chi connectivity index (χ3v) is 5.61. The van der Waals surface area contributed by atoms with Gasteiger partial charge in [-0.25, -0.2) is 0 Å². The van der Waals surface area contributed by atoms with E-state index in [9.17, 15) is 4.79 Å². The van der Waals surface area contributed by atoms with Crippen LogP contribution in [0.15, 0.2) is 29.4 Å². The van der Waals surface area contributed by atoms with Crippen molar-refractivity contribution < 1.29 is 19.1 Å². The zero-order valence-electron chi connectivity index (χ0n) is 15.2. The highest BCUT2D eigenvalue weighted by Crippen LogP contribution is 2.40. The number of benzene rings is 1. The van der Waals surface area contributed by atoms with Crippen molar-refractivity contribution in [1.82, 2.24) is 5.32 Å². The van der Waals surface area contributed by atoms with E-state index in [0.29, 0.717) is 32.1 Å². The number of ether oxygens (including phenoxy) is 2. The van der Waals surface area contributed by atoms with Crippen molar-refractivity contribution in [2.24, 2.45) is 10.6 Å². The summed E-state index contributed by atoms with van der Waals surface area (Å²) in [5.74, 6) is 0.959. The Balaban J connectivity index is 1.45. The number of hydrogen-bond donors (Lipinski definition) is 1. The number of methoxy groups -OCH3 is 1. The lowest BCUT2D eigenvalue weighted by molar-refractivity contribution is -0.140. The Morgan fingerprint density at radius 3 is 2.81 bits per heavy atom. The van der Waals surface area contributed by atoms with Crippen LogP contribution in [-0.2, 0) is 14.4 Å². The first-order chi connectivity index (χ1) is 12.7. The van der Waals surface area contributed by atoms with Gasteiger partial charge in [-0.3, -0.25) is 4.79 Å². The third kappa shape index (κ3) is 3.56. The van der Waals surface area contributed by atoms with E-state index in [2.05, 4.69) is 10.5 Å². The van der Waals surface area contributed by atoms with Crippen LogP contribution < -0.4 is 10.1 Å². The number of hydrogen-bond acceptors (Lipinski definition) is 5. The van der Waals surface area contributed by atoms with Gasteiger partial charge in [0.05, 0.1) is 18.2 Å². The van der Waals surface area contributed by atoms with Gasteiger partial charge < -0.3 is 19.6 Å². The largest absolute Gasteiger partial charge is 0.496 e. The van der Waals surface area contributed by atoms with Gasteiger partial charge in [0.1, 0.15) is 11.9 Å². The smallest absolute Gasteiger partial charge is 0.226 e. The Hall–Kier alpha value is -2.08. The summed E-state index contributed by atoms with van der Waals surface area (Å²) in [6.07, 6.45) is 4.97. The molecule has 1 atom stereocenters. The van der Waals surface area contributed by atoms with Gasteiger partial charge in [-0.05, 0) is 37.8 Å². The molecule has 0 spiro atoms. The van der Waals surface area contributed by atoms with Gasteiger partial charge in [0.15, 0.2) is 0 Å². The van der Waals surface area contributed by atoms with Crippen molar-refractivity contribution in [2.75, 3.05) is 20.3 Å². The van der Waals surface area contributed by atoms with Crippen LogP contribution >= 0.6 is 0 Å². The lowest BCUT2D eigenvalue weighted by Gasteiger charge is -2.37. The fraction of sp³-hybridized carbons (Fsp3) is 0.600. The number of amides is 1. The van der Waals surface area contributed by atoms with Crippen LogP contribution in [0.2, 0.25) is 0 Å². The molecule has 6 heteroatoms. The predicted molar refractivity (Wildman–Crippen MR) is 97.3 cm³/mol. The molecule has 2 aliphatic heterocycles. The summed E-state index contributed by atoms with van der Waals surface area (Å²) in [4.78, 5) is 18.7. The standard InChI is InChI=1S/C20H26N2O4/c1-24-18-5-3-2-4-16(18)17-12-15(26-22-17)13-20(8-10-25-11-9-20)19(23)21-14-6-7-14/h2-5,14-15H,6-13H2,1H3,(H,21,23). The number of oxime groups is 1. The van der Waals surface area contributed by atoms with E-state index in [0.717, 1.165) is 42.7 Å². The van der Waals surface area contributed by atoms with Crippen molar-refractivity contribution in [3.8, 4) is 5.75 Å². The first-order valence-electron chi connectivity index (χ1n) is 9.45. The Morgan fingerprint density at radius 2 is 2.08 bits per heavy atom. The van der Waals surface area contributed by atoms with Crippen LogP contribution in [0.5, 0.6) is 5.75 Å². The zero-order valence-corrected chi connectivity index (χ0v) is 15.2. The van der Waals surface area contributed by atoms with E-state index in [4.69, 9.17) is 14.3 Å². The molecule has 1 aromatic rings. The predicted octanol–water partition coefficient (Wildman–Crippen LogP) is 2.65. The van der Waals surface area contributed by atoms with Gasteiger partial charge in [0.2, 0.25) is 5.91 Å². The number of carbonyl (C=O) groups excluding carboxylic acids is 1. The van der Waals surface area contributed by atoms with Crippen LogP contribution in [-0.4, -0.2) is 44.1 Å². The lowest BCUT2D eigenvalue weighted by atomic mass is 9.74. The van der Waals surface area contributed by atoms with Crippen LogP contribution in [0.1, 0.15) is 44.1 Å². The SMILES string of the molecule is COc1ccccc1C1=NOC(CC2(C(=O)NC3CC3)CCOCC2)C1. The van der Waals surface area contributed by atoms with E-state index in [1.807, 2.05) is 24.3 Å². The minimum absolute atomic E-state index is 0.0852. The quantitative estimate of drug-likeness (QED) is 0.849. The number of nitrogens with one attached hydrogen (secondary N) is 1. The van der Waals surface area contributed by atoms with Gasteiger partial charge in [-0.1, -0.05) is 17.3 Å². The van der Waals surface area contributed by atoms with E-state index < -0.39 is 5.41 Å². The van der Waals surface area contributed by atoms with Crippen LogP contribution in [0.4, 0.5) is 0 Å². The molecule has 1 amide bonds. The molecular formula is C20H26N2O4. The average molecular weight is 358 g/mol. The molecule has 1 saturated carbocycles. The minimum Gasteiger partial charge on any atom is -0.496 e. The Labute approximate surface area is 153 Å². The van der Waals surface area contributed by atoms with Crippen LogP contribution in [0.3, 0.4) is 0 Å². The second-order valence-electron chi connectivity index (χ2n) is 7.51. The lowest BCUT2D eigenvalue weighted by Crippen LogP contribution is -2.47. The van der Waals surface area contributed by atoms with Crippen LogP contribution in [0.25, 0.3) is 0 Å². The molecule has 0 bridgehead atoms.